The highest BCUT2D eigenvalue weighted by atomic mass is 15.2. The van der Waals surface area contributed by atoms with Crippen LogP contribution in [0.5, 0.6) is 0 Å². The zero-order chi connectivity index (χ0) is 13.8. The van der Waals surface area contributed by atoms with E-state index in [-0.39, 0.29) is 5.54 Å². The monoisotopic (exact) mass is 250 g/mol. The van der Waals surface area contributed by atoms with Crippen LogP contribution in [-0.4, -0.2) is 29.1 Å². The first kappa shape index (κ1) is 14.9. The molecule has 0 saturated carbocycles. The van der Waals surface area contributed by atoms with Crippen LogP contribution in [0.2, 0.25) is 0 Å². The molecule has 0 fully saturated rings. The number of hydrogen-bond acceptors (Lipinski definition) is 4. The van der Waals surface area contributed by atoms with Crippen LogP contribution < -0.4 is 10.2 Å². The molecule has 0 atom stereocenters. The van der Waals surface area contributed by atoms with Gasteiger partial charge >= 0.3 is 0 Å². The average molecular weight is 250 g/mol. The van der Waals surface area contributed by atoms with E-state index in [4.69, 9.17) is 0 Å². The van der Waals surface area contributed by atoms with E-state index in [1.807, 2.05) is 12.4 Å². The van der Waals surface area contributed by atoms with E-state index in [9.17, 15) is 0 Å². The molecular formula is C14H26N4. The molecule has 1 rings (SSSR count). The number of rotatable bonds is 5. The topological polar surface area (TPSA) is 41.1 Å². The summed E-state index contributed by atoms with van der Waals surface area (Å²) in [5.74, 6) is 1.56. The van der Waals surface area contributed by atoms with Gasteiger partial charge in [0.2, 0.25) is 0 Å². The second kappa shape index (κ2) is 6.14. The van der Waals surface area contributed by atoms with Crippen molar-refractivity contribution in [3.8, 4) is 0 Å². The normalized spacial score (nSPS) is 11.9. The van der Waals surface area contributed by atoms with Gasteiger partial charge in [-0.3, -0.25) is 4.98 Å². The van der Waals surface area contributed by atoms with Gasteiger partial charge in [0, 0.05) is 31.9 Å². The van der Waals surface area contributed by atoms with E-state index in [1.54, 1.807) is 0 Å². The first-order valence-corrected chi connectivity index (χ1v) is 6.55. The van der Waals surface area contributed by atoms with Crippen LogP contribution in [-0.2, 0) is 6.54 Å². The van der Waals surface area contributed by atoms with Crippen molar-refractivity contribution in [1.29, 1.82) is 0 Å². The molecule has 1 N–H and O–H groups in total. The fourth-order valence-electron chi connectivity index (χ4n) is 1.66. The zero-order valence-electron chi connectivity index (χ0n) is 12.5. The Hall–Kier alpha value is -1.16. The summed E-state index contributed by atoms with van der Waals surface area (Å²) in [5.41, 5.74) is 1.08. The number of nitrogens with one attached hydrogen (secondary N) is 1. The molecule has 0 bridgehead atoms. The van der Waals surface area contributed by atoms with Crippen molar-refractivity contribution in [2.45, 2.75) is 46.7 Å². The molecule has 0 aliphatic carbocycles. The van der Waals surface area contributed by atoms with Crippen LogP contribution in [0.4, 0.5) is 5.82 Å². The zero-order valence-corrected chi connectivity index (χ0v) is 12.5. The number of aromatic nitrogens is 2. The van der Waals surface area contributed by atoms with Gasteiger partial charge in [-0.1, -0.05) is 13.8 Å². The molecule has 18 heavy (non-hydrogen) atoms. The highest BCUT2D eigenvalue weighted by Crippen LogP contribution is 2.10. The second-order valence-electron chi connectivity index (χ2n) is 6.25. The molecule has 1 aromatic rings. The van der Waals surface area contributed by atoms with Gasteiger partial charge in [-0.25, -0.2) is 4.98 Å². The lowest BCUT2D eigenvalue weighted by atomic mass is 10.1. The minimum atomic E-state index is 0.0987. The van der Waals surface area contributed by atoms with E-state index in [0.29, 0.717) is 5.92 Å². The van der Waals surface area contributed by atoms with E-state index in [0.717, 1.165) is 24.6 Å². The lowest BCUT2D eigenvalue weighted by Gasteiger charge is -2.22. The van der Waals surface area contributed by atoms with E-state index in [2.05, 4.69) is 61.9 Å². The third kappa shape index (κ3) is 5.45. The van der Waals surface area contributed by atoms with Crippen molar-refractivity contribution in [2.75, 3.05) is 18.5 Å². The summed E-state index contributed by atoms with van der Waals surface area (Å²) >= 11 is 0. The Bertz CT molecular complexity index is 368. The molecule has 1 aromatic heterocycles. The lowest BCUT2D eigenvalue weighted by Crippen LogP contribution is -2.35. The first-order chi connectivity index (χ1) is 8.28. The molecule has 0 radical (unpaired) electrons. The molecule has 0 amide bonds. The van der Waals surface area contributed by atoms with Gasteiger partial charge in [-0.15, -0.1) is 0 Å². The van der Waals surface area contributed by atoms with Crippen molar-refractivity contribution in [2.24, 2.45) is 5.92 Å². The summed E-state index contributed by atoms with van der Waals surface area (Å²) in [7, 11) is 2.06. The predicted molar refractivity (Wildman–Crippen MR) is 76.7 cm³/mol. The molecule has 0 aliphatic heterocycles. The summed E-state index contributed by atoms with van der Waals surface area (Å²) in [6.45, 7) is 12.6. The summed E-state index contributed by atoms with van der Waals surface area (Å²) < 4.78 is 0. The minimum absolute atomic E-state index is 0.0987. The van der Waals surface area contributed by atoms with Crippen molar-refractivity contribution in [1.82, 2.24) is 15.3 Å². The molecule has 4 nitrogen and oxygen atoms in total. The Labute approximate surface area is 111 Å². The quantitative estimate of drug-likeness (QED) is 0.871. The van der Waals surface area contributed by atoms with Crippen molar-refractivity contribution in [3.63, 3.8) is 0 Å². The van der Waals surface area contributed by atoms with Gasteiger partial charge in [0.05, 0.1) is 11.9 Å². The van der Waals surface area contributed by atoms with Crippen molar-refractivity contribution >= 4 is 5.82 Å². The predicted octanol–water partition coefficient (Wildman–Crippen LogP) is 2.46. The van der Waals surface area contributed by atoms with Crippen LogP contribution in [0.3, 0.4) is 0 Å². The van der Waals surface area contributed by atoms with Crippen LogP contribution in [0, 0.1) is 5.92 Å². The molecule has 0 saturated heterocycles. The molecule has 102 valence electrons. The Balaban J connectivity index is 2.67. The molecule has 0 spiro atoms. The fourth-order valence-corrected chi connectivity index (χ4v) is 1.66. The van der Waals surface area contributed by atoms with Crippen LogP contribution >= 0.6 is 0 Å². The third-order valence-corrected chi connectivity index (χ3v) is 2.50. The van der Waals surface area contributed by atoms with Crippen LogP contribution in [0.25, 0.3) is 0 Å². The number of nitrogens with zero attached hydrogens (tertiary/aromatic N) is 3. The molecule has 0 aliphatic rings. The van der Waals surface area contributed by atoms with E-state index < -0.39 is 0 Å². The van der Waals surface area contributed by atoms with Gasteiger partial charge in [0.1, 0.15) is 5.82 Å². The summed E-state index contributed by atoms with van der Waals surface area (Å²) in [5, 5.41) is 3.42. The van der Waals surface area contributed by atoms with E-state index >= 15 is 0 Å². The second-order valence-corrected chi connectivity index (χ2v) is 6.25. The van der Waals surface area contributed by atoms with Gasteiger partial charge in [0.25, 0.3) is 0 Å². The maximum atomic E-state index is 4.63. The van der Waals surface area contributed by atoms with Gasteiger partial charge in [-0.2, -0.15) is 0 Å². The maximum absolute atomic E-state index is 4.63. The maximum Gasteiger partial charge on any atom is 0.147 e. The number of anilines is 1. The summed E-state index contributed by atoms with van der Waals surface area (Å²) in [6.07, 6.45) is 3.65. The minimum Gasteiger partial charge on any atom is -0.358 e. The Kier molecular flexibility index (Phi) is 5.08. The molecule has 4 heteroatoms. The molecule has 0 unspecified atom stereocenters. The average Bonchev–Trinajstić information content (AvgIpc) is 2.25. The van der Waals surface area contributed by atoms with Crippen LogP contribution in [0.15, 0.2) is 12.4 Å². The standard InChI is InChI=1S/C14H26N4/c1-11(2)10-18(6)13-9-15-7-12(17-13)8-16-14(3,4)5/h7,9,11,16H,8,10H2,1-6H3. The van der Waals surface area contributed by atoms with E-state index in [1.165, 1.54) is 0 Å². The molecule has 1 heterocycles. The smallest absolute Gasteiger partial charge is 0.147 e. The summed E-state index contributed by atoms with van der Waals surface area (Å²) in [4.78, 5) is 11.1. The third-order valence-electron chi connectivity index (χ3n) is 2.50. The largest absolute Gasteiger partial charge is 0.358 e. The summed E-state index contributed by atoms with van der Waals surface area (Å²) in [6, 6.07) is 0. The number of hydrogen-bond donors (Lipinski definition) is 1. The van der Waals surface area contributed by atoms with Gasteiger partial charge < -0.3 is 10.2 Å². The Morgan fingerprint density at radius 2 is 1.94 bits per heavy atom. The van der Waals surface area contributed by atoms with Gasteiger partial charge in [-0.05, 0) is 26.7 Å². The van der Waals surface area contributed by atoms with Crippen molar-refractivity contribution in [3.05, 3.63) is 18.1 Å². The van der Waals surface area contributed by atoms with Crippen molar-refractivity contribution < 1.29 is 0 Å². The first-order valence-electron chi connectivity index (χ1n) is 6.55. The highest BCUT2D eigenvalue weighted by Gasteiger charge is 2.10. The molecular weight excluding hydrogens is 224 g/mol. The fraction of sp³-hybridized carbons (Fsp3) is 0.714. The highest BCUT2D eigenvalue weighted by molar-refractivity contribution is 5.35. The Morgan fingerprint density at radius 3 is 2.50 bits per heavy atom. The van der Waals surface area contributed by atoms with Crippen LogP contribution in [0.1, 0.15) is 40.3 Å². The molecule has 0 aromatic carbocycles. The Morgan fingerprint density at radius 1 is 1.28 bits per heavy atom. The lowest BCUT2D eigenvalue weighted by molar-refractivity contribution is 0.421. The van der Waals surface area contributed by atoms with Gasteiger partial charge in [0.15, 0.2) is 0 Å². The SMILES string of the molecule is CC(C)CN(C)c1cncc(CNC(C)(C)C)n1.